The summed E-state index contributed by atoms with van der Waals surface area (Å²) in [6, 6.07) is 18.8. The van der Waals surface area contributed by atoms with Crippen LogP contribution in [0.1, 0.15) is 47.8 Å². The zero-order valence-electron chi connectivity index (χ0n) is 18.2. The number of nitrogens with one attached hydrogen (secondary N) is 1. The van der Waals surface area contributed by atoms with Gasteiger partial charge in [-0.2, -0.15) is 0 Å². The van der Waals surface area contributed by atoms with Gasteiger partial charge in [0.05, 0.1) is 6.61 Å². The lowest BCUT2D eigenvalue weighted by atomic mass is 10.0. The summed E-state index contributed by atoms with van der Waals surface area (Å²) in [4.78, 5) is 13.1. The number of benzene rings is 3. The molecule has 1 amide bonds. The fraction of sp³-hybridized carbons (Fsp3) is 0.269. The first-order valence-electron chi connectivity index (χ1n) is 10.6. The van der Waals surface area contributed by atoms with Gasteiger partial charge in [-0.15, -0.1) is 0 Å². The first-order chi connectivity index (χ1) is 15.0. The van der Waals surface area contributed by atoms with E-state index in [1.54, 1.807) is 18.2 Å². The third-order valence-corrected chi connectivity index (χ3v) is 5.32. The van der Waals surface area contributed by atoms with Crippen molar-refractivity contribution < 1.29 is 14.3 Å². The van der Waals surface area contributed by atoms with Crippen LogP contribution in [0.25, 0.3) is 0 Å². The van der Waals surface area contributed by atoms with Gasteiger partial charge in [0, 0.05) is 21.8 Å². The van der Waals surface area contributed by atoms with E-state index in [0.29, 0.717) is 28.7 Å². The zero-order valence-corrected chi connectivity index (χ0v) is 19.0. The number of para-hydroxylation sites is 1. The summed E-state index contributed by atoms with van der Waals surface area (Å²) in [5.41, 5.74) is 4.54. The molecule has 0 spiro atoms. The molecule has 4 nitrogen and oxygen atoms in total. The van der Waals surface area contributed by atoms with E-state index in [0.717, 1.165) is 35.2 Å². The molecule has 1 N–H and O–H groups in total. The molecule has 3 aromatic rings. The van der Waals surface area contributed by atoms with Crippen molar-refractivity contribution in [3.63, 3.8) is 0 Å². The first-order valence-corrected chi connectivity index (χ1v) is 11.0. The number of anilines is 1. The molecule has 0 aliphatic rings. The fourth-order valence-corrected chi connectivity index (χ4v) is 3.54. The van der Waals surface area contributed by atoms with Crippen LogP contribution < -0.4 is 14.8 Å². The Bertz CT molecular complexity index is 1010. The van der Waals surface area contributed by atoms with E-state index in [2.05, 4.69) is 31.3 Å². The average molecular weight is 438 g/mol. The number of halogens is 1. The molecule has 31 heavy (non-hydrogen) atoms. The number of amides is 1. The number of hydrogen-bond donors (Lipinski definition) is 1. The van der Waals surface area contributed by atoms with Gasteiger partial charge in [0.25, 0.3) is 5.91 Å². The van der Waals surface area contributed by atoms with Gasteiger partial charge < -0.3 is 14.8 Å². The Kier molecular flexibility index (Phi) is 7.96. The lowest BCUT2D eigenvalue weighted by Gasteiger charge is -2.16. The minimum absolute atomic E-state index is 0.147. The number of aryl methyl sites for hydroxylation is 2. The van der Waals surface area contributed by atoms with E-state index in [4.69, 9.17) is 21.1 Å². The van der Waals surface area contributed by atoms with Crippen LogP contribution in [0.4, 0.5) is 5.69 Å². The van der Waals surface area contributed by atoms with Crippen LogP contribution in [0.5, 0.6) is 11.5 Å². The summed E-state index contributed by atoms with van der Waals surface area (Å²) in [6.07, 6.45) is 1.71. The molecule has 0 aromatic heterocycles. The predicted octanol–water partition coefficient (Wildman–Crippen LogP) is 6.69. The van der Waals surface area contributed by atoms with Gasteiger partial charge in [-0.3, -0.25) is 4.79 Å². The summed E-state index contributed by atoms with van der Waals surface area (Å²) >= 11 is 5.94. The number of rotatable bonds is 9. The van der Waals surface area contributed by atoms with E-state index in [1.807, 2.05) is 37.3 Å². The molecule has 0 aliphatic heterocycles. The Labute approximate surface area is 189 Å². The number of carbonyl (C=O) groups excluding carboxylic acids is 1. The van der Waals surface area contributed by atoms with Crippen LogP contribution in [0, 0.1) is 0 Å². The molecule has 162 valence electrons. The SMILES string of the molecule is CCOc1ccc(C(=O)Nc2c(CC)cccc2CC)cc1COc1ccc(Cl)cc1. The quantitative estimate of drug-likeness (QED) is 0.405. The van der Waals surface area contributed by atoms with Crippen molar-refractivity contribution in [2.75, 3.05) is 11.9 Å². The van der Waals surface area contributed by atoms with E-state index >= 15 is 0 Å². The Balaban J connectivity index is 1.83. The minimum atomic E-state index is -0.147. The van der Waals surface area contributed by atoms with Crippen LogP contribution in [-0.4, -0.2) is 12.5 Å². The van der Waals surface area contributed by atoms with Crippen molar-refractivity contribution in [3.8, 4) is 11.5 Å². The van der Waals surface area contributed by atoms with Gasteiger partial charge in [-0.05, 0) is 73.4 Å². The highest BCUT2D eigenvalue weighted by molar-refractivity contribution is 6.30. The summed E-state index contributed by atoms with van der Waals surface area (Å²) in [5, 5.41) is 3.77. The van der Waals surface area contributed by atoms with Crippen LogP contribution >= 0.6 is 11.6 Å². The van der Waals surface area contributed by atoms with E-state index in [-0.39, 0.29) is 12.5 Å². The summed E-state index contributed by atoms with van der Waals surface area (Å²) in [6.45, 7) is 6.92. The molecule has 3 rings (SSSR count). The molecule has 0 unspecified atom stereocenters. The van der Waals surface area contributed by atoms with Gasteiger partial charge in [0.15, 0.2) is 0 Å². The number of carbonyl (C=O) groups is 1. The molecule has 0 aliphatic carbocycles. The Morgan fingerprint density at radius 1 is 0.871 bits per heavy atom. The smallest absolute Gasteiger partial charge is 0.255 e. The van der Waals surface area contributed by atoms with E-state index < -0.39 is 0 Å². The maximum absolute atomic E-state index is 13.1. The average Bonchev–Trinajstić information content (AvgIpc) is 2.79. The molecule has 0 saturated heterocycles. The van der Waals surface area contributed by atoms with Crippen molar-refractivity contribution in [1.29, 1.82) is 0 Å². The highest BCUT2D eigenvalue weighted by atomic mass is 35.5. The summed E-state index contributed by atoms with van der Waals surface area (Å²) in [5.74, 6) is 1.26. The van der Waals surface area contributed by atoms with Crippen LogP contribution in [-0.2, 0) is 19.4 Å². The first kappa shape index (κ1) is 22.7. The number of ether oxygens (including phenoxy) is 2. The van der Waals surface area contributed by atoms with Crippen molar-refractivity contribution in [3.05, 3.63) is 87.9 Å². The Morgan fingerprint density at radius 3 is 2.16 bits per heavy atom. The van der Waals surface area contributed by atoms with Crippen molar-refractivity contribution >= 4 is 23.2 Å². The third-order valence-electron chi connectivity index (χ3n) is 5.07. The molecule has 0 radical (unpaired) electrons. The second-order valence-electron chi connectivity index (χ2n) is 7.11. The van der Waals surface area contributed by atoms with Crippen LogP contribution in [0.2, 0.25) is 5.02 Å². The Morgan fingerprint density at radius 2 is 1.55 bits per heavy atom. The maximum atomic E-state index is 13.1. The third kappa shape index (κ3) is 5.80. The fourth-order valence-electron chi connectivity index (χ4n) is 3.41. The molecule has 0 atom stereocenters. The van der Waals surface area contributed by atoms with Gasteiger partial charge in [0.2, 0.25) is 0 Å². The molecule has 0 saturated carbocycles. The lowest BCUT2D eigenvalue weighted by molar-refractivity contribution is 0.102. The van der Waals surface area contributed by atoms with Gasteiger partial charge in [-0.25, -0.2) is 0 Å². The highest BCUT2D eigenvalue weighted by Crippen LogP contribution is 2.26. The van der Waals surface area contributed by atoms with Crippen LogP contribution in [0.3, 0.4) is 0 Å². The predicted molar refractivity (Wildman–Crippen MR) is 127 cm³/mol. The zero-order chi connectivity index (χ0) is 22.2. The molecule has 0 fully saturated rings. The molecule has 0 heterocycles. The second kappa shape index (κ2) is 10.9. The Hall–Kier alpha value is -2.98. The summed E-state index contributed by atoms with van der Waals surface area (Å²) in [7, 11) is 0. The van der Waals surface area contributed by atoms with Crippen molar-refractivity contribution in [1.82, 2.24) is 0 Å². The topological polar surface area (TPSA) is 47.6 Å². The second-order valence-corrected chi connectivity index (χ2v) is 7.55. The van der Waals surface area contributed by atoms with Crippen LogP contribution in [0.15, 0.2) is 60.7 Å². The maximum Gasteiger partial charge on any atom is 0.255 e. The van der Waals surface area contributed by atoms with Gasteiger partial charge >= 0.3 is 0 Å². The molecule has 0 bridgehead atoms. The monoisotopic (exact) mass is 437 g/mol. The van der Waals surface area contributed by atoms with Gasteiger partial charge in [-0.1, -0.05) is 43.6 Å². The molecule has 5 heteroatoms. The number of hydrogen-bond acceptors (Lipinski definition) is 3. The van der Waals surface area contributed by atoms with Gasteiger partial charge in [0.1, 0.15) is 18.1 Å². The normalized spacial score (nSPS) is 10.6. The molecular weight excluding hydrogens is 410 g/mol. The molecular formula is C26H28ClNO3. The standard InChI is InChI=1S/C26H28ClNO3/c1-4-18-8-7-9-19(5-2)25(18)28-26(29)20-10-15-24(30-6-3)21(16-20)17-31-23-13-11-22(27)12-14-23/h7-16H,4-6,17H2,1-3H3,(H,28,29). The lowest BCUT2D eigenvalue weighted by Crippen LogP contribution is -2.15. The van der Waals surface area contributed by atoms with E-state index in [1.165, 1.54) is 0 Å². The van der Waals surface area contributed by atoms with Crippen molar-refractivity contribution in [2.45, 2.75) is 40.2 Å². The highest BCUT2D eigenvalue weighted by Gasteiger charge is 2.15. The molecule has 3 aromatic carbocycles. The summed E-state index contributed by atoms with van der Waals surface area (Å²) < 4.78 is 11.6. The van der Waals surface area contributed by atoms with E-state index in [9.17, 15) is 4.79 Å². The minimum Gasteiger partial charge on any atom is -0.493 e. The van der Waals surface area contributed by atoms with Crippen molar-refractivity contribution in [2.24, 2.45) is 0 Å². The largest absolute Gasteiger partial charge is 0.493 e.